The third kappa shape index (κ3) is 4.74. The van der Waals surface area contributed by atoms with Crippen molar-refractivity contribution in [3.63, 3.8) is 0 Å². The maximum atomic E-state index is 12.5. The van der Waals surface area contributed by atoms with Crippen molar-refractivity contribution in [1.29, 1.82) is 0 Å². The molecule has 0 spiro atoms. The number of carbonyl (C=O) groups is 1. The number of hydrogen-bond donors (Lipinski definition) is 2. The molecule has 0 unspecified atom stereocenters. The predicted octanol–water partition coefficient (Wildman–Crippen LogP) is 4.31. The molecular formula is C20H19ClN4O2. The zero-order chi connectivity index (χ0) is 19.2. The van der Waals surface area contributed by atoms with Gasteiger partial charge >= 0.3 is 0 Å². The summed E-state index contributed by atoms with van der Waals surface area (Å²) < 4.78 is 5.34. The molecule has 0 fully saturated rings. The number of para-hydroxylation sites is 1. The van der Waals surface area contributed by atoms with Crippen LogP contribution in [0.4, 0.5) is 11.5 Å². The van der Waals surface area contributed by atoms with Crippen LogP contribution in [0.3, 0.4) is 0 Å². The van der Waals surface area contributed by atoms with Gasteiger partial charge in [0.05, 0.1) is 7.11 Å². The Morgan fingerprint density at radius 2 is 1.96 bits per heavy atom. The molecule has 3 rings (SSSR count). The highest BCUT2D eigenvalue weighted by atomic mass is 35.5. The van der Waals surface area contributed by atoms with E-state index in [0.717, 1.165) is 16.9 Å². The molecule has 0 aliphatic heterocycles. The second kappa shape index (κ2) is 8.51. The third-order valence-electron chi connectivity index (χ3n) is 3.99. The van der Waals surface area contributed by atoms with Crippen molar-refractivity contribution in [2.24, 2.45) is 0 Å². The molecule has 7 heteroatoms. The molecule has 6 nitrogen and oxygen atoms in total. The van der Waals surface area contributed by atoms with Gasteiger partial charge in [-0.05, 0) is 36.8 Å². The van der Waals surface area contributed by atoms with Crippen LogP contribution in [-0.4, -0.2) is 23.0 Å². The quantitative estimate of drug-likeness (QED) is 0.664. The number of nitrogens with zero attached hydrogens (tertiary/aromatic N) is 2. The molecule has 0 aliphatic carbocycles. The monoisotopic (exact) mass is 382 g/mol. The van der Waals surface area contributed by atoms with Crippen LogP contribution < -0.4 is 15.4 Å². The van der Waals surface area contributed by atoms with Crippen LogP contribution in [0.25, 0.3) is 0 Å². The van der Waals surface area contributed by atoms with Crippen LogP contribution in [0.1, 0.15) is 21.6 Å². The Kier molecular flexibility index (Phi) is 5.88. The van der Waals surface area contributed by atoms with Crippen molar-refractivity contribution in [3.8, 4) is 5.75 Å². The smallest absolute Gasteiger partial charge is 0.274 e. The number of ether oxygens (including phenoxy) is 1. The van der Waals surface area contributed by atoms with Gasteiger partial charge in [0.25, 0.3) is 5.91 Å². The summed E-state index contributed by atoms with van der Waals surface area (Å²) in [6, 6.07) is 14.6. The van der Waals surface area contributed by atoms with Crippen LogP contribution >= 0.6 is 11.6 Å². The molecule has 0 radical (unpaired) electrons. The van der Waals surface area contributed by atoms with E-state index in [4.69, 9.17) is 16.3 Å². The SMILES string of the molecule is COc1ccccc1CNc1cc(C(=O)Nc2ccc(Cl)cc2C)ncn1. The van der Waals surface area contributed by atoms with E-state index < -0.39 is 0 Å². The number of rotatable bonds is 6. The van der Waals surface area contributed by atoms with E-state index in [1.807, 2.05) is 31.2 Å². The molecular weight excluding hydrogens is 364 g/mol. The summed E-state index contributed by atoms with van der Waals surface area (Å²) in [7, 11) is 1.63. The predicted molar refractivity (Wildman–Crippen MR) is 106 cm³/mol. The Labute approximate surface area is 162 Å². The fraction of sp³-hybridized carbons (Fsp3) is 0.150. The highest BCUT2D eigenvalue weighted by molar-refractivity contribution is 6.30. The van der Waals surface area contributed by atoms with Crippen LogP contribution in [0.15, 0.2) is 54.9 Å². The van der Waals surface area contributed by atoms with Crippen LogP contribution in [0.5, 0.6) is 5.75 Å². The van der Waals surface area contributed by atoms with E-state index in [0.29, 0.717) is 23.1 Å². The minimum Gasteiger partial charge on any atom is -0.496 e. The lowest BCUT2D eigenvalue weighted by Gasteiger charge is -2.11. The molecule has 0 aliphatic rings. The maximum absolute atomic E-state index is 12.5. The standard InChI is InChI=1S/C20H19ClN4O2/c1-13-9-15(21)7-8-16(13)25-20(26)17-10-19(24-12-23-17)22-11-14-5-3-4-6-18(14)27-2/h3-10,12H,11H2,1-2H3,(H,25,26)(H,22,23,24). The van der Waals surface area contributed by atoms with Gasteiger partial charge in [0.15, 0.2) is 0 Å². The molecule has 2 aromatic carbocycles. The van der Waals surface area contributed by atoms with Gasteiger partial charge in [0.2, 0.25) is 0 Å². The van der Waals surface area contributed by atoms with Crippen LogP contribution in [0, 0.1) is 6.92 Å². The van der Waals surface area contributed by atoms with E-state index in [9.17, 15) is 4.79 Å². The van der Waals surface area contributed by atoms with Crippen LogP contribution in [0.2, 0.25) is 5.02 Å². The van der Waals surface area contributed by atoms with E-state index in [-0.39, 0.29) is 11.6 Å². The van der Waals surface area contributed by atoms with Gasteiger partial charge in [0, 0.05) is 28.9 Å². The van der Waals surface area contributed by atoms with E-state index in [2.05, 4.69) is 20.6 Å². The fourth-order valence-corrected chi connectivity index (χ4v) is 2.79. The van der Waals surface area contributed by atoms with Crippen molar-refractivity contribution < 1.29 is 9.53 Å². The summed E-state index contributed by atoms with van der Waals surface area (Å²) >= 11 is 5.95. The van der Waals surface area contributed by atoms with Crippen molar-refractivity contribution in [3.05, 3.63) is 76.7 Å². The number of amides is 1. The fourth-order valence-electron chi connectivity index (χ4n) is 2.57. The number of nitrogens with one attached hydrogen (secondary N) is 2. The molecule has 0 atom stereocenters. The summed E-state index contributed by atoms with van der Waals surface area (Å²) in [5, 5.41) is 6.64. The molecule has 27 heavy (non-hydrogen) atoms. The van der Waals surface area contributed by atoms with Crippen molar-refractivity contribution in [1.82, 2.24) is 9.97 Å². The lowest BCUT2D eigenvalue weighted by Crippen LogP contribution is -2.15. The molecule has 138 valence electrons. The highest BCUT2D eigenvalue weighted by Crippen LogP contribution is 2.21. The number of halogens is 1. The first-order valence-electron chi connectivity index (χ1n) is 8.32. The summed E-state index contributed by atoms with van der Waals surface area (Å²) in [4.78, 5) is 20.7. The van der Waals surface area contributed by atoms with E-state index in [1.54, 1.807) is 31.4 Å². The summed E-state index contributed by atoms with van der Waals surface area (Å²) in [6.45, 7) is 2.39. The van der Waals surface area contributed by atoms with Gasteiger partial charge in [-0.25, -0.2) is 9.97 Å². The lowest BCUT2D eigenvalue weighted by atomic mass is 10.2. The van der Waals surface area contributed by atoms with E-state index in [1.165, 1.54) is 6.33 Å². The number of methoxy groups -OCH3 is 1. The first-order chi connectivity index (χ1) is 13.1. The van der Waals surface area contributed by atoms with Gasteiger partial charge in [-0.2, -0.15) is 0 Å². The Morgan fingerprint density at radius 1 is 1.15 bits per heavy atom. The number of hydrogen-bond acceptors (Lipinski definition) is 5. The van der Waals surface area contributed by atoms with Gasteiger partial charge in [0.1, 0.15) is 23.6 Å². The normalized spacial score (nSPS) is 10.3. The molecule has 2 N–H and O–H groups in total. The number of aryl methyl sites for hydroxylation is 1. The Balaban J connectivity index is 1.70. The average molecular weight is 383 g/mol. The first kappa shape index (κ1) is 18.7. The summed E-state index contributed by atoms with van der Waals surface area (Å²) in [5.74, 6) is 1.02. The lowest BCUT2D eigenvalue weighted by molar-refractivity contribution is 0.102. The topological polar surface area (TPSA) is 76.1 Å². The maximum Gasteiger partial charge on any atom is 0.274 e. The molecule has 1 heterocycles. The molecule has 1 aromatic heterocycles. The first-order valence-corrected chi connectivity index (χ1v) is 8.70. The average Bonchev–Trinajstić information content (AvgIpc) is 2.69. The van der Waals surface area contributed by atoms with Crippen molar-refractivity contribution in [2.75, 3.05) is 17.7 Å². The molecule has 3 aromatic rings. The van der Waals surface area contributed by atoms with Crippen molar-refractivity contribution >= 4 is 29.0 Å². The zero-order valence-electron chi connectivity index (χ0n) is 15.0. The molecule has 0 bridgehead atoms. The van der Waals surface area contributed by atoms with Gasteiger partial charge in [-0.3, -0.25) is 4.79 Å². The van der Waals surface area contributed by atoms with Gasteiger partial charge in [-0.15, -0.1) is 0 Å². The molecule has 0 saturated carbocycles. The zero-order valence-corrected chi connectivity index (χ0v) is 15.7. The Bertz CT molecular complexity index is 962. The Morgan fingerprint density at radius 3 is 2.74 bits per heavy atom. The minimum atomic E-state index is -0.317. The molecule has 1 amide bonds. The minimum absolute atomic E-state index is 0.266. The number of aromatic nitrogens is 2. The second-order valence-corrected chi connectivity index (χ2v) is 6.30. The number of benzene rings is 2. The Hall–Kier alpha value is -3.12. The summed E-state index contributed by atoms with van der Waals surface area (Å²) in [6.07, 6.45) is 1.36. The van der Waals surface area contributed by atoms with Gasteiger partial charge in [-0.1, -0.05) is 29.8 Å². The molecule has 0 saturated heterocycles. The van der Waals surface area contributed by atoms with Crippen LogP contribution in [-0.2, 0) is 6.54 Å². The van der Waals surface area contributed by atoms with Crippen molar-refractivity contribution in [2.45, 2.75) is 13.5 Å². The third-order valence-corrected chi connectivity index (χ3v) is 4.22. The highest BCUT2D eigenvalue weighted by Gasteiger charge is 2.11. The number of anilines is 2. The van der Waals surface area contributed by atoms with Gasteiger partial charge < -0.3 is 15.4 Å². The van der Waals surface area contributed by atoms with E-state index >= 15 is 0 Å². The summed E-state index contributed by atoms with van der Waals surface area (Å²) in [5.41, 5.74) is 2.81. The number of carbonyl (C=O) groups excluding carboxylic acids is 1. The second-order valence-electron chi connectivity index (χ2n) is 5.87. The largest absolute Gasteiger partial charge is 0.496 e.